The Hall–Kier alpha value is -3.73. The minimum atomic E-state index is -0.394. The number of rotatable bonds is 5. The number of para-hydroxylation sites is 1. The van der Waals surface area contributed by atoms with E-state index in [1.165, 1.54) is 24.3 Å². The van der Waals surface area contributed by atoms with E-state index in [1.54, 1.807) is 30.5 Å². The molecule has 0 radical (unpaired) electrons. The molecule has 0 spiro atoms. The van der Waals surface area contributed by atoms with Gasteiger partial charge in [-0.3, -0.25) is 9.59 Å². The van der Waals surface area contributed by atoms with Gasteiger partial charge in [-0.25, -0.2) is 4.39 Å². The molecule has 0 atom stereocenters. The van der Waals surface area contributed by atoms with Crippen molar-refractivity contribution in [3.63, 3.8) is 0 Å². The van der Waals surface area contributed by atoms with Gasteiger partial charge < -0.3 is 9.72 Å². The Kier molecular flexibility index (Phi) is 4.72. The second kappa shape index (κ2) is 7.48. The molecule has 28 heavy (non-hydrogen) atoms. The van der Waals surface area contributed by atoms with E-state index in [0.29, 0.717) is 16.9 Å². The van der Waals surface area contributed by atoms with E-state index >= 15 is 0 Å². The zero-order valence-corrected chi connectivity index (χ0v) is 14.8. The lowest BCUT2D eigenvalue weighted by Crippen LogP contribution is -2.11. The van der Waals surface area contributed by atoms with Crippen molar-refractivity contribution in [1.29, 1.82) is 0 Å². The number of esters is 1. The molecule has 0 saturated heterocycles. The highest BCUT2D eigenvalue weighted by molar-refractivity contribution is 6.09. The van der Waals surface area contributed by atoms with Crippen LogP contribution in [0.1, 0.15) is 21.5 Å². The van der Waals surface area contributed by atoms with Crippen molar-refractivity contribution < 1.29 is 18.7 Å². The molecule has 4 rings (SSSR count). The van der Waals surface area contributed by atoms with Crippen LogP contribution in [-0.4, -0.2) is 16.7 Å². The largest absolute Gasteiger partial charge is 0.426 e. The van der Waals surface area contributed by atoms with E-state index in [0.717, 1.165) is 16.5 Å². The van der Waals surface area contributed by atoms with Crippen LogP contribution in [0.2, 0.25) is 0 Å². The molecule has 1 heterocycles. The van der Waals surface area contributed by atoms with Crippen molar-refractivity contribution in [2.75, 3.05) is 0 Å². The van der Waals surface area contributed by atoms with Crippen LogP contribution in [0.3, 0.4) is 0 Å². The molecular formula is C23H16FNO3. The standard InChI is InChI=1S/C23H16FNO3/c24-18-9-5-15(6-10-18)23(27)16-7-11-19(12-8-16)28-22(26)13-17-14-25-21-4-2-1-3-20(17)21/h1-12,14,25H,13H2. The lowest BCUT2D eigenvalue weighted by Gasteiger charge is -2.06. The van der Waals surface area contributed by atoms with Gasteiger partial charge in [0.2, 0.25) is 0 Å². The lowest BCUT2D eigenvalue weighted by molar-refractivity contribution is -0.133. The number of benzene rings is 3. The van der Waals surface area contributed by atoms with E-state index in [-0.39, 0.29) is 18.2 Å². The van der Waals surface area contributed by atoms with Gasteiger partial charge in [-0.1, -0.05) is 18.2 Å². The molecule has 3 aromatic carbocycles. The van der Waals surface area contributed by atoms with Crippen molar-refractivity contribution in [2.45, 2.75) is 6.42 Å². The summed E-state index contributed by atoms with van der Waals surface area (Å²) < 4.78 is 18.4. The quantitative estimate of drug-likeness (QED) is 0.314. The minimum Gasteiger partial charge on any atom is -0.426 e. The first-order valence-corrected chi connectivity index (χ1v) is 8.76. The Bertz CT molecular complexity index is 1140. The normalized spacial score (nSPS) is 10.8. The molecule has 0 unspecified atom stereocenters. The molecule has 1 N–H and O–H groups in total. The van der Waals surface area contributed by atoms with Crippen LogP contribution in [-0.2, 0) is 11.2 Å². The SMILES string of the molecule is O=C(Cc1c[nH]c2ccccc12)Oc1ccc(C(=O)c2ccc(F)cc2)cc1. The summed E-state index contributed by atoms with van der Waals surface area (Å²) in [5.74, 6) is -0.645. The Balaban J connectivity index is 1.43. The maximum absolute atomic E-state index is 13.0. The second-order valence-electron chi connectivity index (χ2n) is 6.37. The number of H-pyrrole nitrogens is 1. The molecule has 0 aliphatic heterocycles. The highest BCUT2D eigenvalue weighted by Crippen LogP contribution is 2.20. The maximum atomic E-state index is 13.0. The van der Waals surface area contributed by atoms with Crippen molar-refractivity contribution >= 4 is 22.7 Å². The van der Waals surface area contributed by atoms with Gasteiger partial charge in [0.05, 0.1) is 6.42 Å². The Morgan fingerprint density at radius 1 is 0.857 bits per heavy atom. The predicted molar refractivity (Wildman–Crippen MR) is 104 cm³/mol. The maximum Gasteiger partial charge on any atom is 0.315 e. The Morgan fingerprint density at radius 2 is 1.50 bits per heavy atom. The van der Waals surface area contributed by atoms with Crippen LogP contribution in [0.15, 0.2) is 79.0 Å². The first-order valence-electron chi connectivity index (χ1n) is 8.76. The number of carbonyl (C=O) groups excluding carboxylic acids is 2. The number of hydrogen-bond acceptors (Lipinski definition) is 3. The summed E-state index contributed by atoms with van der Waals surface area (Å²) in [6.07, 6.45) is 1.94. The van der Waals surface area contributed by atoms with Gasteiger partial charge >= 0.3 is 5.97 Å². The zero-order chi connectivity index (χ0) is 19.5. The third kappa shape index (κ3) is 3.69. The topological polar surface area (TPSA) is 59.2 Å². The molecule has 5 heteroatoms. The number of nitrogens with one attached hydrogen (secondary N) is 1. The molecule has 0 amide bonds. The van der Waals surface area contributed by atoms with Gasteiger partial charge in [0.25, 0.3) is 0 Å². The fraction of sp³-hybridized carbons (Fsp3) is 0.0435. The summed E-state index contributed by atoms with van der Waals surface area (Å²) >= 11 is 0. The van der Waals surface area contributed by atoms with Gasteiger partial charge in [-0.15, -0.1) is 0 Å². The fourth-order valence-corrected chi connectivity index (χ4v) is 3.04. The van der Waals surface area contributed by atoms with Crippen LogP contribution in [0.5, 0.6) is 5.75 Å². The highest BCUT2D eigenvalue weighted by atomic mass is 19.1. The molecule has 0 fully saturated rings. The van der Waals surface area contributed by atoms with Gasteiger partial charge in [-0.05, 0) is 60.2 Å². The third-order valence-corrected chi connectivity index (χ3v) is 4.46. The zero-order valence-electron chi connectivity index (χ0n) is 14.8. The molecule has 4 aromatic rings. The summed E-state index contributed by atoms with van der Waals surface area (Å²) in [6.45, 7) is 0. The number of aromatic nitrogens is 1. The highest BCUT2D eigenvalue weighted by Gasteiger charge is 2.12. The molecule has 0 aliphatic rings. The van der Waals surface area contributed by atoms with Gasteiger partial charge in [0.1, 0.15) is 11.6 Å². The van der Waals surface area contributed by atoms with Crippen molar-refractivity contribution in [3.8, 4) is 5.75 Å². The monoisotopic (exact) mass is 373 g/mol. The number of carbonyl (C=O) groups is 2. The number of ether oxygens (including phenoxy) is 1. The van der Waals surface area contributed by atoms with E-state index < -0.39 is 5.82 Å². The van der Waals surface area contributed by atoms with Crippen LogP contribution < -0.4 is 4.74 Å². The minimum absolute atomic E-state index is 0.139. The average Bonchev–Trinajstić information content (AvgIpc) is 3.11. The first-order chi connectivity index (χ1) is 13.6. The number of halogens is 1. The summed E-state index contributed by atoms with van der Waals surface area (Å²) in [5, 5.41) is 0.986. The summed E-state index contributed by atoms with van der Waals surface area (Å²) in [5.41, 5.74) is 2.66. The Labute approximate surface area is 160 Å². The van der Waals surface area contributed by atoms with Crippen LogP contribution in [0.25, 0.3) is 10.9 Å². The second-order valence-corrected chi connectivity index (χ2v) is 6.37. The number of ketones is 1. The number of hydrogen-bond donors (Lipinski definition) is 1. The summed E-state index contributed by atoms with van der Waals surface area (Å²) in [4.78, 5) is 27.8. The smallest absolute Gasteiger partial charge is 0.315 e. The molecule has 0 bridgehead atoms. The van der Waals surface area contributed by atoms with Crippen molar-refractivity contribution in [1.82, 2.24) is 4.98 Å². The molecule has 0 saturated carbocycles. The molecule has 1 aromatic heterocycles. The molecule has 4 nitrogen and oxygen atoms in total. The van der Waals surface area contributed by atoms with Crippen molar-refractivity contribution in [2.24, 2.45) is 0 Å². The predicted octanol–water partition coefficient (Wildman–Crippen LogP) is 4.69. The molecule has 138 valence electrons. The third-order valence-electron chi connectivity index (χ3n) is 4.46. The summed E-state index contributed by atoms with van der Waals surface area (Å²) in [6, 6.07) is 19.4. The van der Waals surface area contributed by atoms with Crippen LogP contribution in [0.4, 0.5) is 4.39 Å². The number of fused-ring (bicyclic) bond motifs is 1. The molecule has 0 aliphatic carbocycles. The van der Waals surface area contributed by atoms with Gasteiger partial charge in [0, 0.05) is 28.2 Å². The van der Waals surface area contributed by atoms with E-state index in [1.807, 2.05) is 24.3 Å². The molecular weight excluding hydrogens is 357 g/mol. The Morgan fingerprint density at radius 3 is 2.21 bits per heavy atom. The number of aromatic amines is 1. The summed E-state index contributed by atoms with van der Waals surface area (Å²) in [7, 11) is 0. The van der Waals surface area contributed by atoms with E-state index in [2.05, 4.69) is 4.98 Å². The lowest BCUT2D eigenvalue weighted by atomic mass is 10.0. The van der Waals surface area contributed by atoms with Gasteiger partial charge in [0.15, 0.2) is 5.78 Å². The van der Waals surface area contributed by atoms with Crippen molar-refractivity contribution in [3.05, 3.63) is 102 Å². The van der Waals surface area contributed by atoms with E-state index in [9.17, 15) is 14.0 Å². The van der Waals surface area contributed by atoms with Gasteiger partial charge in [-0.2, -0.15) is 0 Å². The first kappa shape index (κ1) is 17.7. The average molecular weight is 373 g/mol. The van der Waals surface area contributed by atoms with E-state index in [4.69, 9.17) is 4.74 Å². The fourth-order valence-electron chi connectivity index (χ4n) is 3.04. The van der Waals surface area contributed by atoms with Crippen LogP contribution in [0, 0.1) is 5.82 Å². The van der Waals surface area contributed by atoms with Crippen LogP contribution >= 0.6 is 0 Å².